The number of piperidine rings is 1. The average Bonchev–Trinajstić information content (AvgIpc) is 2.58. The third-order valence-corrected chi connectivity index (χ3v) is 4.88. The van der Waals surface area contributed by atoms with E-state index in [2.05, 4.69) is 5.32 Å². The lowest BCUT2D eigenvalue weighted by atomic mass is 10.1. The lowest BCUT2D eigenvalue weighted by molar-refractivity contribution is -0.137. The maximum Gasteiger partial charge on any atom is 0.317 e. The van der Waals surface area contributed by atoms with E-state index >= 15 is 0 Å². The summed E-state index contributed by atoms with van der Waals surface area (Å²) in [7, 11) is 0. The summed E-state index contributed by atoms with van der Waals surface area (Å²) in [5, 5.41) is 11.4. The minimum Gasteiger partial charge on any atom is -0.481 e. The molecule has 152 valence electrons. The molecule has 0 unspecified atom stereocenters. The molecule has 1 rings (SSSR count). The highest BCUT2D eigenvalue weighted by atomic mass is 19.3. The Morgan fingerprint density at radius 1 is 0.846 bits per heavy atom. The first-order chi connectivity index (χ1) is 12.4. The van der Waals surface area contributed by atoms with Crippen LogP contribution in [0.25, 0.3) is 0 Å². The first-order valence-electron chi connectivity index (χ1n) is 10.0. The van der Waals surface area contributed by atoms with Gasteiger partial charge in [0, 0.05) is 38.9 Å². The standard InChI is InChI=1S/C19H34F2N2O3/c20-19(21)12-15-23(16-13-19)18(26)22-14-10-8-6-4-2-1-3-5-7-9-11-17(24)25/h1-16H2,(H,22,26)(H,24,25). The highest BCUT2D eigenvalue weighted by molar-refractivity contribution is 5.74. The number of urea groups is 1. The van der Waals surface area contributed by atoms with Gasteiger partial charge in [-0.05, 0) is 12.8 Å². The third kappa shape index (κ3) is 11.3. The number of hydrogen-bond donors (Lipinski definition) is 2. The van der Waals surface area contributed by atoms with Gasteiger partial charge in [0.1, 0.15) is 0 Å². The number of hydrogen-bond acceptors (Lipinski definition) is 2. The number of carbonyl (C=O) groups excluding carboxylic acids is 1. The van der Waals surface area contributed by atoms with E-state index in [-0.39, 0.29) is 38.4 Å². The summed E-state index contributed by atoms with van der Waals surface area (Å²) in [6, 6.07) is -0.219. The van der Waals surface area contributed by atoms with Crippen molar-refractivity contribution in [3.05, 3.63) is 0 Å². The summed E-state index contributed by atoms with van der Waals surface area (Å²) in [6.45, 7) is 0.875. The first kappa shape index (κ1) is 22.6. The molecule has 0 spiro atoms. The predicted octanol–water partition coefficient (Wildman–Crippen LogP) is 4.80. The number of carboxylic acid groups (broad SMARTS) is 1. The van der Waals surface area contributed by atoms with Gasteiger partial charge in [-0.1, -0.05) is 51.4 Å². The van der Waals surface area contributed by atoms with Crippen molar-refractivity contribution in [3.63, 3.8) is 0 Å². The van der Waals surface area contributed by atoms with Gasteiger partial charge in [-0.3, -0.25) is 4.79 Å². The van der Waals surface area contributed by atoms with Crippen LogP contribution in [-0.2, 0) is 4.79 Å². The summed E-state index contributed by atoms with van der Waals surface area (Å²) in [5.41, 5.74) is 0. The molecule has 5 nitrogen and oxygen atoms in total. The molecule has 0 aromatic carbocycles. The topological polar surface area (TPSA) is 69.6 Å². The van der Waals surface area contributed by atoms with Crippen molar-refractivity contribution in [3.8, 4) is 0 Å². The van der Waals surface area contributed by atoms with Gasteiger partial charge in [-0.15, -0.1) is 0 Å². The summed E-state index contributed by atoms with van der Waals surface area (Å²) in [4.78, 5) is 23.7. The molecule has 1 aliphatic heterocycles. The van der Waals surface area contributed by atoms with E-state index in [1.54, 1.807) is 0 Å². The summed E-state index contributed by atoms with van der Waals surface area (Å²) in [5.74, 6) is -3.33. The minimum absolute atomic E-state index is 0.134. The molecule has 0 bridgehead atoms. The van der Waals surface area contributed by atoms with E-state index in [1.165, 1.54) is 30.6 Å². The van der Waals surface area contributed by atoms with Crippen LogP contribution in [0, 0.1) is 0 Å². The van der Waals surface area contributed by atoms with Gasteiger partial charge in [0.2, 0.25) is 0 Å². The zero-order valence-electron chi connectivity index (χ0n) is 15.8. The zero-order valence-corrected chi connectivity index (χ0v) is 15.8. The van der Waals surface area contributed by atoms with Crippen LogP contribution in [0.3, 0.4) is 0 Å². The Labute approximate surface area is 155 Å². The smallest absolute Gasteiger partial charge is 0.317 e. The van der Waals surface area contributed by atoms with Gasteiger partial charge < -0.3 is 15.3 Å². The van der Waals surface area contributed by atoms with Gasteiger partial charge in [0.15, 0.2) is 0 Å². The number of carbonyl (C=O) groups is 2. The molecule has 26 heavy (non-hydrogen) atoms. The second-order valence-electron chi connectivity index (χ2n) is 7.25. The molecule has 0 aromatic rings. The van der Waals surface area contributed by atoms with E-state index in [1.807, 2.05) is 0 Å². The number of amides is 2. The third-order valence-electron chi connectivity index (χ3n) is 4.88. The Balaban J connectivity index is 1.83. The van der Waals surface area contributed by atoms with E-state index in [4.69, 9.17) is 5.11 Å². The fourth-order valence-electron chi connectivity index (χ4n) is 3.16. The molecule has 0 radical (unpaired) electrons. The quantitative estimate of drug-likeness (QED) is 0.454. The van der Waals surface area contributed by atoms with Crippen molar-refractivity contribution < 1.29 is 23.5 Å². The lowest BCUT2D eigenvalue weighted by Gasteiger charge is -2.31. The second-order valence-corrected chi connectivity index (χ2v) is 7.25. The monoisotopic (exact) mass is 376 g/mol. The van der Waals surface area contributed by atoms with Crippen LogP contribution in [0.4, 0.5) is 13.6 Å². The van der Waals surface area contributed by atoms with Crippen LogP contribution in [-0.4, -0.2) is 47.6 Å². The van der Waals surface area contributed by atoms with E-state index in [9.17, 15) is 18.4 Å². The largest absolute Gasteiger partial charge is 0.481 e. The van der Waals surface area contributed by atoms with Crippen molar-refractivity contribution in [1.82, 2.24) is 10.2 Å². The van der Waals surface area contributed by atoms with E-state index < -0.39 is 11.9 Å². The molecular weight excluding hydrogens is 342 g/mol. The highest BCUT2D eigenvalue weighted by Crippen LogP contribution is 2.27. The predicted molar refractivity (Wildman–Crippen MR) is 97.6 cm³/mol. The number of rotatable bonds is 13. The van der Waals surface area contributed by atoms with Crippen molar-refractivity contribution in [2.45, 2.75) is 89.4 Å². The Bertz CT molecular complexity index is 410. The zero-order chi connectivity index (χ0) is 19.3. The summed E-state index contributed by atoms with van der Waals surface area (Å²) < 4.78 is 26.1. The molecule has 2 N–H and O–H groups in total. The van der Waals surface area contributed by atoms with Crippen LogP contribution in [0.1, 0.15) is 83.5 Å². The molecule has 0 saturated carbocycles. The van der Waals surface area contributed by atoms with Gasteiger partial charge >= 0.3 is 12.0 Å². The number of nitrogens with one attached hydrogen (secondary N) is 1. The number of halogens is 2. The Morgan fingerprint density at radius 3 is 1.81 bits per heavy atom. The fraction of sp³-hybridized carbons (Fsp3) is 0.895. The number of likely N-dealkylation sites (tertiary alicyclic amines) is 1. The van der Waals surface area contributed by atoms with Gasteiger partial charge in [0.05, 0.1) is 0 Å². The van der Waals surface area contributed by atoms with Crippen LogP contribution in [0.5, 0.6) is 0 Å². The molecule has 1 heterocycles. The van der Waals surface area contributed by atoms with Crippen molar-refractivity contribution >= 4 is 12.0 Å². The van der Waals surface area contributed by atoms with Crippen LogP contribution in [0.15, 0.2) is 0 Å². The number of aliphatic carboxylic acids is 1. The Hall–Kier alpha value is -1.40. The van der Waals surface area contributed by atoms with Crippen LogP contribution < -0.4 is 5.32 Å². The fourth-order valence-corrected chi connectivity index (χ4v) is 3.16. The second kappa shape index (κ2) is 12.9. The minimum atomic E-state index is -2.62. The summed E-state index contributed by atoms with van der Waals surface area (Å²) >= 11 is 0. The van der Waals surface area contributed by atoms with Crippen LogP contribution >= 0.6 is 0 Å². The molecule has 1 aliphatic rings. The lowest BCUT2D eigenvalue weighted by Crippen LogP contribution is -2.47. The Kier molecular flexibility index (Phi) is 11.2. The normalized spacial score (nSPS) is 16.5. The number of carboxylic acids is 1. The van der Waals surface area contributed by atoms with E-state index in [0.29, 0.717) is 6.54 Å². The number of alkyl halides is 2. The first-order valence-corrected chi connectivity index (χ1v) is 10.0. The molecule has 0 aromatic heterocycles. The molecule has 0 atom stereocenters. The van der Waals surface area contributed by atoms with Crippen LogP contribution in [0.2, 0.25) is 0 Å². The van der Waals surface area contributed by atoms with Gasteiger partial charge in [-0.25, -0.2) is 13.6 Å². The average molecular weight is 376 g/mol. The van der Waals surface area contributed by atoms with Crippen molar-refractivity contribution in [2.24, 2.45) is 0 Å². The van der Waals surface area contributed by atoms with Crippen molar-refractivity contribution in [2.75, 3.05) is 19.6 Å². The highest BCUT2D eigenvalue weighted by Gasteiger charge is 2.35. The van der Waals surface area contributed by atoms with E-state index in [0.717, 1.165) is 38.5 Å². The summed E-state index contributed by atoms with van der Waals surface area (Å²) in [6.07, 6.45) is 10.6. The maximum absolute atomic E-state index is 13.0. The molecule has 7 heteroatoms. The molecule has 1 saturated heterocycles. The molecule has 0 aliphatic carbocycles. The Morgan fingerprint density at radius 2 is 1.31 bits per heavy atom. The molecule has 1 fully saturated rings. The van der Waals surface area contributed by atoms with Gasteiger partial charge in [0.25, 0.3) is 5.92 Å². The molecular formula is C19H34F2N2O3. The number of nitrogens with zero attached hydrogens (tertiary/aromatic N) is 1. The SMILES string of the molecule is O=C(O)CCCCCCCCCCCCNC(=O)N1CCC(F)(F)CC1. The number of unbranched alkanes of at least 4 members (excludes halogenated alkanes) is 9. The van der Waals surface area contributed by atoms with Crippen molar-refractivity contribution in [1.29, 1.82) is 0 Å². The molecule has 2 amide bonds. The maximum atomic E-state index is 13.0. The van der Waals surface area contributed by atoms with Gasteiger partial charge in [-0.2, -0.15) is 0 Å².